The van der Waals surface area contributed by atoms with Crippen LogP contribution >= 0.6 is 27.7 Å². The van der Waals surface area contributed by atoms with Crippen molar-refractivity contribution in [2.24, 2.45) is 4.99 Å². The predicted molar refractivity (Wildman–Crippen MR) is 117 cm³/mol. The van der Waals surface area contributed by atoms with E-state index >= 15 is 0 Å². The first-order chi connectivity index (χ1) is 14.0. The van der Waals surface area contributed by atoms with E-state index in [1.165, 1.54) is 16.7 Å². The molecule has 0 aliphatic carbocycles. The molecule has 29 heavy (non-hydrogen) atoms. The van der Waals surface area contributed by atoms with Gasteiger partial charge in [0, 0.05) is 29.2 Å². The molecule has 0 bridgehead atoms. The van der Waals surface area contributed by atoms with Gasteiger partial charge < -0.3 is 14.8 Å². The summed E-state index contributed by atoms with van der Waals surface area (Å²) in [7, 11) is 0. The second-order valence-electron chi connectivity index (χ2n) is 6.33. The number of hydrogen-bond acceptors (Lipinski definition) is 6. The summed E-state index contributed by atoms with van der Waals surface area (Å²) in [6.07, 6.45) is 0.130. The third-order valence-electron chi connectivity index (χ3n) is 4.37. The summed E-state index contributed by atoms with van der Waals surface area (Å²) in [6.45, 7) is 2.66. The van der Waals surface area contributed by atoms with Crippen molar-refractivity contribution < 1.29 is 19.1 Å². The number of anilines is 2. The van der Waals surface area contributed by atoms with E-state index in [2.05, 4.69) is 26.2 Å². The van der Waals surface area contributed by atoms with E-state index in [0.717, 1.165) is 10.2 Å². The Morgan fingerprint density at radius 1 is 1.21 bits per heavy atom. The van der Waals surface area contributed by atoms with Gasteiger partial charge in [-0.2, -0.15) is 0 Å². The van der Waals surface area contributed by atoms with Gasteiger partial charge in [0.05, 0.1) is 5.69 Å². The second kappa shape index (κ2) is 8.46. The lowest BCUT2D eigenvalue weighted by atomic mass is 10.3. The minimum atomic E-state index is -0.530. The number of amides is 2. The smallest absolute Gasteiger partial charge is 0.247 e. The van der Waals surface area contributed by atoms with Gasteiger partial charge in [0.15, 0.2) is 16.7 Å². The van der Waals surface area contributed by atoms with Crippen LogP contribution in [0.1, 0.15) is 13.3 Å². The molecule has 1 N–H and O–H groups in total. The van der Waals surface area contributed by atoms with Gasteiger partial charge in [-0.1, -0.05) is 27.7 Å². The Kier molecular flexibility index (Phi) is 5.77. The van der Waals surface area contributed by atoms with Crippen molar-refractivity contribution in [2.45, 2.75) is 18.6 Å². The lowest BCUT2D eigenvalue weighted by Gasteiger charge is -2.16. The van der Waals surface area contributed by atoms with Crippen molar-refractivity contribution in [1.82, 2.24) is 0 Å². The SMILES string of the molecule is CCN=C(Nc1ccc2c(c1)OCO2)SC1CC(=O)N(c2ccc(Br)cc2)C1=O. The number of aliphatic imine (C=N–C) groups is 1. The Bertz CT molecular complexity index is 980. The van der Waals surface area contributed by atoms with Crippen LogP contribution in [0.2, 0.25) is 0 Å². The first kappa shape index (κ1) is 19.8. The highest BCUT2D eigenvalue weighted by Crippen LogP contribution is 2.35. The summed E-state index contributed by atoms with van der Waals surface area (Å²) in [5.41, 5.74) is 1.35. The maximum atomic E-state index is 12.9. The number of carbonyl (C=O) groups is 2. The lowest BCUT2D eigenvalue weighted by Crippen LogP contribution is -2.31. The Morgan fingerprint density at radius 3 is 2.72 bits per heavy atom. The molecule has 1 fully saturated rings. The molecule has 2 amide bonds. The molecule has 2 aliphatic heterocycles. The number of halogens is 1. The van der Waals surface area contributed by atoms with Gasteiger partial charge in [-0.05, 0) is 43.3 Å². The Morgan fingerprint density at radius 2 is 1.97 bits per heavy atom. The van der Waals surface area contributed by atoms with Gasteiger partial charge in [-0.3, -0.25) is 14.6 Å². The lowest BCUT2D eigenvalue weighted by molar-refractivity contribution is -0.121. The fraction of sp³-hybridized carbons (Fsp3) is 0.250. The third-order valence-corrected chi connectivity index (χ3v) is 6.01. The molecule has 0 radical (unpaired) electrons. The molecule has 7 nitrogen and oxygen atoms in total. The number of nitrogens with zero attached hydrogens (tertiary/aromatic N) is 2. The zero-order valence-corrected chi connectivity index (χ0v) is 18.0. The molecular formula is C20H18BrN3O4S. The summed E-state index contributed by atoms with van der Waals surface area (Å²) < 4.78 is 11.6. The number of hydrogen-bond donors (Lipinski definition) is 1. The van der Waals surface area contributed by atoms with Crippen LogP contribution in [0.15, 0.2) is 51.9 Å². The number of amidine groups is 1. The Balaban J connectivity index is 1.48. The minimum absolute atomic E-state index is 0.130. The van der Waals surface area contributed by atoms with Crippen LogP contribution in [0.3, 0.4) is 0 Å². The number of rotatable bonds is 4. The zero-order valence-electron chi connectivity index (χ0n) is 15.6. The van der Waals surface area contributed by atoms with Crippen LogP contribution in [0, 0.1) is 0 Å². The van der Waals surface area contributed by atoms with Crippen LogP contribution < -0.4 is 19.7 Å². The van der Waals surface area contributed by atoms with E-state index in [4.69, 9.17) is 9.47 Å². The van der Waals surface area contributed by atoms with Gasteiger partial charge in [0.25, 0.3) is 0 Å². The normalized spacial score (nSPS) is 18.5. The molecule has 1 unspecified atom stereocenters. The average Bonchev–Trinajstić information content (AvgIpc) is 3.27. The summed E-state index contributed by atoms with van der Waals surface area (Å²) >= 11 is 4.63. The van der Waals surface area contributed by atoms with Gasteiger partial charge in [-0.15, -0.1) is 0 Å². The third kappa shape index (κ3) is 4.25. The molecule has 1 saturated heterocycles. The van der Waals surface area contributed by atoms with E-state index in [-0.39, 0.29) is 25.0 Å². The fourth-order valence-electron chi connectivity index (χ4n) is 3.04. The van der Waals surface area contributed by atoms with Crippen LogP contribution in [-0.2, 0) is 9.59 Å². The van der Waals surface area contributed by atoms with E-state index in [0.29, 0.717) is 28.9 Å². The van der Waals surface area contributed by atoms with Crippen LogP contribution in [0.4, 0.5) is 11.4 Å². The van der Waals surface area contributed by atoms with Crippen molar-refractivity contribution in [3.8, 4) is 11.5 Å². The fourth-order valence-corrected chi connectivity index (χ4v) is 4.39. The van der Waals surface area contributed by atoms with Crippen LogP contribution in [-0.4, -0.2) is 35.6 Å². The van der Waals surface area contributed by atoms with Crippen molar-refractivity contribution in [2.75, 3.05) is 23.6 Å². The molecule has 1 atom stereocenters. The second-order valence-corrected chi connectivity index (χ2v) is 8.43. The van der Waals surface area contributed by atoms with Crippen molar-refractivity contribution in [3.63, 3.8) is 0 Å². The number of fused-ring (bicyclic) bond motifs is 1. The minimum Gasteiger partial charge on any atom is -0.454 e. The maximum absolute atomic E-state index is 12.9. The standard InChI is InChI=1S/C20H18BrN3O4S/c1-2-22-20(23-13-5-8-15-16(9-13)28-11-27-15)29-17-10-18(25)24(19(17)26)14-6-3-12(21)4-7-14/h3-9,17H,2,10-11H2,1H3,(H,22,23). The number of thioether (sulfide) groups is 1. The highest BCUT2D eigenvalue weighted by Gasteiger charge is 2.40. The largest absolute Gasteiger partial charge is 0.454 e. The van der Waals surface area contributed by atoms with Crippen molar-refractivity contribution >= 4 is 56.0 Å². The molecule has 150 valence electrons. The van der Waals surface area contributed by atoms with E-state index in [1.54, 1.807) is 12.1 Å². The zero-order chi connectivity index (χ0) is 20.4. The number of imide groups is 1. The molecule has 4 rings (SSSR count). The number of ether oxygens (including phenoxy) is 2. The molecule has 0 saturated carbocycles. The highest BCUT2D eigenvalue weighted by molar-refractivity contribution is 9.10. The summed E-state index contributed by atoms with van der Waals surface area (Å²) in [6, 6.07) is 12.6. The summed E-state index contributed by atoms with van der Waals surface area (Å²) in [5, 5.41) is 3.27. The van der Waals surface area contributed by atoms with Crippen molar-refractivity contribution in [3.05, 3.63) is 46.9 Å². The van der Waals surface area contributed by atoms with E-state index in [9.17, 15) is 9.59 Å². The van der Waals surface area contributed by atoms with Crippen LogP contribution in [0.5, 0.6) is 11.5 Å². The molecule has 2 heterocycles. The summed E-state index contributed by atoms with van der Waals surface area (Å²) in [5.74, 6) is 0.899. The quantitative estimate of drug-likeness (QED) is 0.408. The van der Waals surface area contributed by atoms with Crippen LogP contribution in [0.25, 0.3) is 0 Å². The predicted octanol–water partition coefficient (Wildman–Crippen LogP) is 4.03. The van der Waals surface area contributed by atoms with E-state index in [1.807, 2.05) is 37.3 Å². The Hall–Kier alpha value is -2.52. The van der Waals surface area contributed by atoms with Gasteiger partial charge >= 0.3 is 0 Å². The van der Waals surface area contributed by atoms with Gasteiger partial charge in [0.1, 0.15) is 5.25 Å². The average molecular weight is 476 g/mol. The number of nitrogens with one attached hydrogen (secondary N) is 1. The van der Waals surface area contributed by atoms with Gasteiger partial charge in [0.2, 0.25) is 18.6 Å². The maximum Gasteiger partial charge on any atom is 0.247 e. The highest BCUT2D eigenvalue weighted by atomic mass is 79.9. The van der Waals surface area contributed by atoms with E-state index < -0.39 is 5.25 Å². The molecule has 2 aliphatic rings. The van der Waals surface area contributed by atoms with Crippen molar-refractivity contribution in [1.29, 1.82) is 0 Å². The number of carbonyl (C=O) groups excluding carboxylic acids is 2. The molecule has 2 aromatic rings. The molecule has 2 aromatic carbocycles. The monoisotopic (exact) mass is 475 g/mol. The topological polar surface area (TPSA) is 80.2 Å². The Labute approximate surface area is 180 Å². The number of benzene rings is 2. The first-order valence-electron chi connectivity index (χ1n) is 9.05. The molecular weight excluding hydrogens is 458 g/mol. The molecule has 0 spiro atoms. The summed E-state index contributed by atoms with van der Waals surface area (Å²) in [4.78, 5) is 31.1. The molecule has 0 aromatic heterocycles. The molecule has 9 heteroatoms. The first-order valence-corrected chi connectivity index (χ1v) is 10.7. The van der Waals surface area contributed by atoms with Gasteiger partial charge in [-0.25, -0.2) is 4.90 Å².